The van der Waals surface area contributed by atoms with Crippen molar-refractivity contribution in [3.8, 4) is 0 Å². The Kier molecular flexibility index (Phi) is 13.5. The second-order valence-electron chi connectivity index (χ2n) is 6.07. The van der Waals surface area contributed by atoms with E-state index in [1.807, 2.05) is 0 Å². The number of ether oxygens (including phenoxy) is 1. The molecule has 0 fully saturated rings. The Hall–Kier alpha value is -0.860. The number of Topliss-reactive ketones (excluding diaryl/α,β-unsaturated/α-hetero) is 1. The summed E-state index contributed by atoms with van der Waals surface area (Å²) in [5.41, 5.74) is 0. The number of hydrogen-bond acceptors (Lipinski definition) is 3. The molecule has 21 heavy (non-hydrogen) atoms. The highest BCUT2D eigenvalue weighted by Gasteiger charge is 2.11. The van der Waals surface area contributed by atoms with E-state index in [4.69, 9.17) is 4.74 Å². The minimum absolute atomic E-state index is 0.0138. The molecule has 3 heteroatoms. The summed E-state index contributed by atoms with van der Waals surface area (Å²) in [4.78, 5) is 22.8. The summed E-state index contributed by atoms with van der Waals surface area (Å²) in [6.45, 7) is 6.55. The first-order valence-electron chi connectivity index (χ1n) is 8.77. The number of esters is 1. The van der Waals surface area contributed by atoms with Crippen molar-refractivity contribution in [2.24, 2.45) is 5.92 Å². The van der Waals surface area contributed by atoms with E-state index in [-0.39, 0.29) is 18.2 Å². The van der Waals surface area contributed by atoms with E-state index < -0.39 is 0 Å². The average molecular weight is 298 g/mol. The molecule has 0 rings (SSSR count). The van der Waals surface area contributed by atoms with Crippen LogP contribution in [0.3, 0.4) is 0 Å². The molecule has 0 aliphatic carbocycles. The fraction of sp³-hybridized carbons (Fsp3) is 0.889. The Bertz CT molecular complexity index is 274. The molecule has 0 saturated heterocycles. The number of hydrogen-bond donors (Lipinski definition) is 0. The second-order valence-corrected chi connectivity index (χ2v) is 6.07. The molecule has 0 heterocycles. The number of ketones is 1. The molecule has 0 saturated carbocycles. The molecule has 0 aliphatic heterocycles. The highest BCUT2D eigenvalue weighted by molar-refractivity contribution is 5.95. The van der Waals surface area contributed by atoms with Crippen LogP contribution in [0.4, 0.5) is 0 Å². The van der Waals surface area contributed by atoms with E-state index >= 15 is 0 Å². The molecular formula is C18H34O3. The van der Waals surface area contributed by atoms with Gasteiger partial charge in [-0.2, -0.15) is 0 Å². The van der Waals surface area contributed by atoms with E-state index in [1.54, 1.807) is 6.92 Å². The van der Waals surface area contributed by atoms with Crippen LogP contribution >= 0.6 is 0 Å². The van der Waals surface area contributed by atoms with E-state index in [0.717, 1.165) is 6.42 Å². The zero-order chi connectivity index (χ0) is 15.9. The molecule has 1 atom stereocenters. The van der Waals surface area contributed by atoms with Crippen molar-refractivity contribution in [3.63, 3.8) is 0 Å². The van der Waals surface area contributed by atoms with E-state index in [0.29, 0.717) is 18.9 Å². The van der Waals surface area contributed by atoms with Gasteiger partial charge >= 0.3 is 5.97 Å². The first kappa shape index (κ1) is 20.1. The minimum Gasteiger partial charge on any atom is -0.466 e. The lowest BCUT2D eigenvalue weighted by atomic mass is 9.96. The summed E-state index contributed by atoms with van der Waals surface area (Å²) in [5, 5.41) is 0. The maximum absolute atomic E-state index is 11.6. The van der Waals surface area contributed by atoms with E-state index in [2.05, 4.69) is 13.8 Å². The summed E-state index contributed by atoms with van der Waals surface area (Å²) in [6.07, 6.45) is 11.9. The van der Waals surface area contributed by atoms with Crippen molar-refractivity contribution in [3.05, 3.63) is 0 Å². The van der Waals surface area contributed by atoms with Crippen molar-refractivity contribution < 1.29 is 14.3 Å². The molecule has 0 amide bonds. The van der Waals surface area contributed by atoms with Crippen LogP contribution < -0.4 is 0 Å². The predicted molar refractivity (Wildman–Crippen MR) is 87.3 cm³/mol. The fourth-order valence-corrected chi connectivity index (χ4v) is 2.46. The Morgan fingerprint density at radius 1 is 0.905 bits per heavy atom. The molecule has 0 spiro atoms. The molecule has 0 aromatic carbocycles. The third kappa shape index (κ3) is 13.9. The van der Waals surface area contributed by atoms with Gasteiger partial charge in [0.05, 0.1) is 6.61 Å². The molecule has 1 unspecified atom stereocenters. The first-order chi connectivity index (χ1) is 10.1. The lowest BCUT2D eigenvalue weighted by Gasteiger charge is -2.10. The number of carbonyl (C=O) groups is 2. The molecule has 0 aromatic rings. The minimum atomic E-state index is -0.387. The van der Waals surface area contributed by atoms with Crippen LogP contribution in [0.25, 0.3) is 0 Å². The maximum atomic E-state index is 11.6. The Morgan fingerprint density at radius 2 is 1.52 bits per heavy atom. The molecule has 0 aliphatic rings. The molecular weight excluding hydrogens is 264 g/mol. The monoisotopic (exact) mass is 298 g/mol. The van der Waals surface area contributed by atoms with E-state index in [1.165, 1.54) is 51.4 Å². The summed E-state index contributed by atoms with van der Waals surface area (Å²) in [6, 6.07) is 0. The van der Waals surface area contributed by atoms with Crippen molar-refractivity contribution >= 4 is 11.8 Å². The zero-order valence-electron chi connectivity index (χ0n) is 14.3. The molecule has 0 N–H and O–H groups in total. The van der Waals surface area contributed by atoms with Gasteiger partial charge in [-0.25, -0.2) is 0 Å². The maximum Gasteiger partial charge on any atom is 0.313 e. The van der Waals surface area contributed by atoms with Gasteiger partial charge in [0, 0.05) is 6.42 Å². The third-order valence-corrected chi connectivity index (χ3v) is 3.86. The first-order valence-corrected chi connectivity index (χ1v) is 8.77. The van der Waals surface area contributed by atoms with Crippen LogP contribution in [0.15, 0.2) is 0 Å². The molecule has 3 nitrogen and oxygen atoms in total. The van der Waals surface area contributed by atoms with Crippen molar-refractivity contribution in [2.75, 3.05) is 6.61 Å². The summed E-state index contributed by atoms with van der Waals surface area (Å²) in [7, 11) is 0. The van der Waals surface area contributed by atoms with Gasteiger partial charge in [0.25, 0.3) is 0 Å². The summed E-state index contributed by atoms with van der Waals surface area (Å²) >= 11 is 0. The fourth-order valence-electron chi connectivity index (χ4n) is 2.46. The van der Waals surface area contributed by atoms with Gasteiger partial charge in [-0.15, -0.1) is 0 Å². The van der Waals surface area contributed by atoms with Gasteiger partial charge in [0.1, 0.15) is 12.2 Å². The van der Waals surface area contributed by atoms with Crippen molar-refractivity contribution in [1.29, 1.82) is 0 Å². The topological polar surface area (TPSA) is 43.4 Å². The highest BCUT2D eigenvalue weighted by atomic mass is 16.5. The third-order valence-electron chi connectivity index (χ3n) is 3.86. The summed E-state index contributed by atoms with van der Waals surface area (Å²) in [5.74, 6) is 0.203. The van der Waals surface area contributed by atoms with Crippen LogP contribution in [-0.4, -0.2) is 18.4 Å². The molecule has 0 aromatic heterocycles. The van der Waals surface area contributed by atoms with Gasteiger partial charge in [0.15, 0.2) is 0 Å². The van der Waals surface area contributed by atoms with E-state index in [9.17, 15) is 9.59 Å². The van der Waals surface area contributed by atoms with Gasteiger partial charge < -0.3 is 4.74 Å². The van der Waals surface area contributed by atoms with Crippen LogP contribution in [0, 0.1) is 5.92 Å². The van der Waals surface area contributed by atoms with Crippen molar-refractivity contribution in [1.82, 2.24) is 0 Å². The second kappa shape index (κ2) is 14.1. The molecule has 0 bridgehead atoms. The van der Waals surface area contributed by atoms with Crippen LogP contribution in [-0.2, 0) is 14.3 Å². The highest BCUT2D eigenvalue weighted by Crippen LogP contribution is 2.17. The SMILES string of the molecule is CCCCCCCCCC(C)CCC(=O)CC(=O)OCC. The largest absolute Gasteiger partial charge is 0.466 e. The quantitative estimate of drug-likeness (QED) is 0.255. The lowest BCUT2D eigenvalue weighted by Crippen LogP contribution is -2.12. The molecule has 124 valence electrons. The van der Waals surface area contributed by atoms with Gasteiger partial charge in [-0.3, -0.25) is 9.59 Å². The normalized spacial score (nSPS) is 12.1. The Labute approximate surface area is 130 Å². The van der Waals surface area contributed by atoms with Gasteiger partial charge in [-0.05, 0) is 19.3 Å². The number of rotatable bonds is 14. The Balaban J connectivity index is 3.46. The molecule has 0 radical (unpaired) electrons. The zero-order valence-corrected chi connectivity index (χ0v) is 14.3. The van der Waals surface area contributed by atoms with Gasteiger partial charge in [-0.1, -0.05) is 65.2 Å². The standard InChI is InChI=1S/C18H34O3/c1-4-6-7-8-9-10-11-12-16(3)13-14-17(19)15-18(20)21-5-2/h16H,4-15H2,1-3H3. The number of unbranched alkanes of at least 4 members (excludes halogenated alkanes) is 6. The van der Waals surface area contributed by atoms with Crippen molar-refractivity contribution in [2.45, 2.75) is 91.4 Å². The van der Waals surface area contributed by atoms with Crippen LogP contribution in [0.1, 0.15) is 91.4 Å². The lowest BCUT2D eigenvalue weighted by molar-refractivity contribution is -0.145. The van der Waals surface area contributed by atoms with Crippen LogP contribution in [0.5, 0.6) is 0 Å². The Morgan fingerprint density at radius 3 is 2.14 bits per heavy atom. The smallest absolute Gasteiger partial charge is 0.313 e. The van der Waals surface area contributed by atoms with Gasteiger partial charge in [0.2, 0.25) is 0 Å². The predicted octanol–water partition coefficient (Wildman–Crippen LogP) is 5.07. The van der Waals surface area contributed by atoms with Crippen LogP contribution in [0.2, 0.25) is 0 Å². The average Bonchev–Trinajstić information content (AvgIpc) is 2.44. The summed E-state index contributed by atoms with van der Waals surface area (Å²) < 4.78 is 4.78. The number of carbonyl (C=O) groups excluding carboxylic acids is 2.